The molecular weight excluding hydrogens is 288 g/mol. The van der Waals surface area contributed by atoms with Gasteiger partial charge in [-0.2, -0.15) is 0 Å². The smallest absolute Gasteiger partial charge is 0.212 e. The lowest BCUT2D eigenvalue weighted by Crippen LogP contribution is -2.15. The van der Waals surface area contributed by atoms with Crippen LogP contribution in [0.25, 0.3) is 22.3 Å². The molecule has 0 bridgehead atoms. The number of rotatable bonds is 2. The van der Waals surface area contributed by atoms with Gasteiger partial charge in [-0.15, -0.1) is 0 Å². The van der Waals surface area contributed by atoms with E-state index < -0.39 is 15.3 Å². The van der Waals surface area contributed by atoms with E-state index in [1.807, 2.05) is 6.07 Å². The topological polar surface area (TPSA) is 64.3 Å². The van der Waals surface area contributed by atoms with Crippen LogP contribution in [-0.4, -0.2) is 14.7 Å². The van der Waals surface area contributed by atoms with Gasteiger partial charge in [0.05, 0.1) is 5.39 Å². The highest BCUT2D eigenvalue weighted by Crippen LogP contribution is 2.28. The Morgan fingerprint density at radius 1 is 0.905 bits per heavy atom. The predicted octanol–water partition coefficient (Wildman–Crippen LogP) is 2.86. The van der Waals surface area contributed by atoms with Gasteiger partial charge in [0.25, 0.3) is 0 Å². The maximum atomic E-state index is 12.5. The van der Waals surface area contributed by atoms with Gasteiger partial charge in [-0.25, -0.2) is 8.42 Å². The van der Waals surface area contributed by atoms with E-state index in [1.54, 1.807) is 48.5 Å². The second-order valence-electron chi connectivity index (χ2n) is 4.72. The molecule has 0 aliphatic rings. The van der Waals surface area contributed by atoms with Crippen molar-refractivity contribution in [1.29, 1.82) is 0 Å². The zero-order valence-corrected chi connectivity index (χ0v) is 12.1. The molecular formula is C16H12O4S. The number of benzene rings is 2. The lowest BCUT2D eigenvalue weighted by Gasteiger charge is -2.08. The third kappa shape index (κ3) is 2.36. The largest absolute Gasteiger partial charge is 0.454 e. The minimum Gasteiger partial charge on any atom is -0.454 e. The van der Waals surface area contributed by atoms with Crippen LogP contribution in [-0.2, 0) is 9.84 Å². The Morgan fingerprint density at radius 2 is 1.52 bits per heavy atom. The normalized spacial score (nSPS) is 11.7. The van der Waals surface area contributed by atoms with Gasteiger partial charge in [0.2, 0.25) is 5.43 Å². The molecule has 0 atom stereocenters. The highest BCUT2D eigenvalue weighted by atomic mass is 32.2. The summed E-state index contributed by atoms with van der Waals surface area (Å²) in [5.41, 5.74) is 0.396. The number of para-hydroxylation sites is 1. The summed E-state index contributed by atoms with van der Waals surface area (Å²) >= 11 is 0. The minimum absolute atomic E-state index is 0.0850. The van der Waals surface area contributed by atoms with Gasteiger partial charge < -0.3 is 4.42 Å². The van der Waals surface area contributed by atoms with Crippen molar-refractivity contribution in [2.24, 2.45) is 0 Å². The minimum atomic E-state index is -3.71. The molecule has 1 heterocycles. The van der Waals surface area contributed by atoms with Crippen LogP contribution >= 0.6 is 0 Å². The monoisotopic (exact) mass is 300 g/mol. The average Bonchev–Trinajstić information content (AvgIpc) is 2.46. The van der Waals surface area contributed by atoms with Crippen LogP contribution in [0.4, 0.5) is 0 Å². The fraction of sp³-hybridized carbons (Fsp3) is 0.0625. The molecule has 21 heavy (non-hydrogen) atoms. The summed E-state index contributed by atoms with van der Waals surface area (Å²) in [5, 5.41) is 0.262. The van der Waals surface area contributed by atoms with Gasteiger partial charge in [-0.1, -0.05) is 42.5 Å². The Labute approximate surface area is 121 Å². The summed E-state index contributed by atoms with van der Waals surface area (Å²) in [7, 11) is -3.71. The van der Waals surface area contributed by atoms with E-state index in [0.29, 0.717) is 11.1 Å². The molecule has 0 aliphatic carbocycles. The van der Waals surface area contributed by atoms with Crippen LogP contribution in [0, 0.1) is 0 Å². The van der Waals surface area contributed by atoms with Crippen LogP contribution in [0.1, 0.15) is 0 Å². The van der Waals surface area contributed by atoms with E-state index in [2.05, 4.69) is 0 Å². The summed E-state index contributed by atoms with van der Waals surface area (Å²) in [6, 6.07) is 15.4. The van der Waals surface area contributed by atoms with E-state index >= 15 is 0 Å². The number of hydrogen-bond donors (Lipinski definition) is 0. The molecule has 3 aromatic rings. The number of fused-ring (bicyclic) bond motifs is 1. The molecule has 3 rings (SSSR count). The second-order valence-corrected chi connectivity index (χ2v) is 6.68. The molecule has 0 unspecified atom stereocenters. The quantitative estimate of drug-likeness (QED) is 0.730. The zero-order valence-electron chi connectivity index (χ0n) is 11.2. The lowest BCUT2D eigenvalue weighted by molar-refractivity contribution is 0.580. The molecule has 0 N–H and O–H groups in total. The fourth-order valence-corrected chi connectivity index (χ4v) is 3.18. The van der Waals surface area contributed by atoms with Crippen molar-refractivity contribution >= 4 is 20.8 Å². The molecule has 4 nitrogen and oxygen atoms in total. The fourth-order valence-electron chi connectivity index (χ4n) is 2.24. The molecule has 5 heteroatoms. The van der Waals surface area contributed by atoms with Gasteiger partial charge in [0.15, 0.2) is 20.5 Å². The highest BCUT2D eigenvalue weighted by molar-refractivity contribution is 7.90. The van der Waals surface area contributed by atoms with Crippen LogP contribution in [0.2, 0.25) is 0 Å². The Balaban J connectivity index is 2.52. The Hall–Kier alpha value is -2.40. The Kier molecular flexibility index (Phi) is 3.14. The van der Waals surface area contributed by atoms with Crippen molar-refractivity contribution in [2.75, 3.05) is 6.26 Å². The van der Waals surface area contributed by atoms with Crippen molar-refractivity contribution in [3.8, 4) is 11.3 Å². The molecule has 0 saturated carbocycles. The van der Waals surface area contributed by atoms with E-state index in [-0.39, 0.29) is 16.0 Å². The summed E-state index contributed by atoms with van der Waals surface area (Å²) < 4.78 is 29.8. The summed E-state index contributed by atoms with van der Waals surface area (Å²) in [6.07, 6.45) is 1.01. The zero-order chi connectivity index (χ0) is 15.0. The second kappa shape index (κ2) is 4.86. The number of hydrogen-bond acceptors (Lipinski definition) is 4. The Bertz CT molecular complexity index is 970. The first kappa shape index (κ1) is 13.6. The Morgan fingerprint density at radius 3 is 2.19 bits per heavy atom. The third-order valence-corrected chi connectivity index (χ3v) is 4.28. The molecule has 0 amide bonds. The standard InChI is InChI=1S/C16H12O4S/c1-21(18,19)16-14(17)12-9-5-6-10-13(12)20-15(16)11-7-3-2-4-8-11/h2-10H,1H3. The molecule has 0 saturated heterocycles. The SMILES string of the molecule is CS(=O)(=O)c1c(-c2ccccc2)oc2ccccc2c1=O. The lowest BCUT2D eigenvalue weighted by atomic mass is 10.1. The highest BCUT2D eigenvalue weighted by Gasteiger charge is 2.23. The van der Waals surface area contributed by atoms with Gasteiger partial charge in [-0.3, -0.25) is 4.79 Å². The van der Waals surface area contributed by atoms with E-state index in [0.717, 1.165) is 6.26 Å². The van der Waals surface area contributed by atoms with Gasteiger partial charge in [0.1, 0.15) is 5.58 Å². The van der Waals surface area contributed by atoms with Crippen LogP contribution in [0.15, 0.2) is 68.7 Å². The van der Waals surface area contributed by atoms with Gasteiger partial charge >= 0.3 is 0 Å². The first-order valence-electron chi connectivity index (χ1n) is 6.30. The van der Waals surface area contributed by atoms with E-state index in [4.69, 9.17) is 4.42 Å². The average molecular weight is 300 g/mol. The predicted molar refractivity (Wildman–Crippen MR) is 81.0 cm³/mol. The van der Waals surface area contributed by atoms with Crippen molar-refractivity contribution in [1.82, 2.24) is 0 Å². The molecule has 0 radical (unpaired) electrons. The number of sulfone groups is 1. The van der Waals surface area contributed by atoms with Crippen LogP contribution in [0.3, 0.4) is 0 Å². The molecule has 0 fully saturated rings. The first-order chi connectivity index (χ1) is 9.98. The van der Waals surface area contributed by atoms with Crippen LogP contribution in [0.5, 0.6) is 0 Å². The van der Waals surface area contributed by atoms with Crippen molar-refractivity contribution in [2.45, 2.75) is 4.90 Å². The molecule has 0 aliphatic heterocycles. The summed E-state index contributed by atoms with van der Waals surface area (Å²) in [4.78, 5) is 12.2. The molecule has 2 aromatic carbocycles. The van der Waals surface area contributed by atoms with Crippen LogP contribution < -0.4 is 5.43 Å². The van der Waals surface area contributed by atoms with E-state index in [1.165, 1.54) is 0 Å². The summed E-state index contributed by atoms with van der Waals surface area (Å²) in [5.74, 6) is 0.0850. The molecule has 0 spiro atoms. The molecule has 106 valence electrons. The van der Waals surface area contributed by atoms with Gasteiger partial charge in [0, 0.05) is 11.8 Å². The van der Waals surface area contributed by atoms with Gasteiger partial charge in [-0.05, 0) is 12.1 Å². The van der Waals surface area contributed by atoms with Crippen molar-refractivity contribution in [3.63, 3.8) is 0 Å². The first-order valence-corrected chi connectivity index (χ1v) is 8.19. The maximum absolute atomic E-state index is 12.5. The third-order valence-electron chi connectivity index (χ3n) is 3.16. The van der Waals surface area contributed by atoms with Crippen molar-refractivity contribution < 1.29 is 12.8 Å². The van der Waals surface area contributed by atoms with E-state index in [9.17, 15) is 13.2 Å². The van der Waals surface area contributed by atoms with Crippen molar-refractivity contribution in [3.05, 3.63) is 64.8 Å². The maximum Gasteiger partial charge on any atom is 0.212 e. The summed E-state index contributed by atoms with van der Waals surface area (Å²) in [6.45, 7) is 0. The molecule has 1 aromatic heterocycles.